The van der Waals surface area contributed by atoms with E-state index in [2.05, 4.69) is 10.3 Å². The zero-order chi connectivity index (χ0) is 11.5. The number of aromatic nitrogens is 1. The largest absolute Gasteiger partial charge is 0.478 e. The molecule has 0 unspecified atom stereocenters. The molecule has 0 aliphatic carbocycles. The summed E-state index contributed by atoms with van der Waals surface area (Å²) >= 11 is 5.88. The second-order valence-electron chi connectivity index (χ2n) is 3.53. The van der Waals surface area contributed by atoms with Gasteiger partial charge in [-0.2, -0.15) is 0 Å². The fourth-order valence-electron chi connectivity index (χ4n) is 1.74. The van der Waals surface area contributed by atoms with E-state index in [0.717, 1.165) is 26.2 Å². The molecule has 1 saturated heterocycles. The fraction of sp³-hybridized carbons (Fsp3) is 0.400. The summed E-state index contributed by atoms with van der Waals surface area (Å²) in [6, 6.07) is 1.50. The number of pyridine rings is 1. The predicted octanol–water partition coefficient (Wildman–Crippen LogP) is 0.843. The van der Waals surface area contributed by atoms with Gasteiger partial charge in [-0.3, -0.25) is 0 Å². The van der Waals surface area contributed by atoms with Crippen LogP contribution in [-0.4, -0.2) is 42.2 Å². The van der Waals surface area contributed by atoms with Gasteiger partial charge < -0.3 is 15.3 Å². The monoisotopic (exact) mass is 241 g/mol. The lowest BCUT2D eigenvalue weighted by molar-refractivity contribution is 0.0697. The lowest BCUT2D eigenvalue weighted by Gasteiger charge is -2.29. The highest BCUT2D eigenvalue weighted by atomic mass is 35.5. The summed E-state index contributed by atoms with van der Waals surface area (Å²) in [6.45, 7) is 3.14. The highest BCUT2D eigenvalue weighted by Gasteiger charge is 2.21. The van der Waals surface area contributed by atoms with Crippen molar-refractivity contribution in [2.24, 2.45) is 0 Å². The van der Waals surface area contributed by atoms with Crippen molar-refractivity contribution in [3.05, 3.63) is 22.8 Å². The number of anilines is 1. The molecule has 0 radical (unpaired) electrons. The van der Waals surface area contributed by atoms with Crippen LogP contribution in [0.15, 0.2) is 12.3 Å². The van der Waals surface area contributed by atoms with Crippen molar-refractivity contribution in [2.75, 3.05) is 31.1 Å². The number of nitrogens with zero attached hydrogens (tertiary/aromatic N) is 2. The Labute approximate surface area is 98.0 Å². The molecule has 0 aromatic carbocycles. The average molecular weight is 242 g/mol. The molecule has 0 saturated carbocycles. The molecule has 0 bridgehead atoms. The number of piperazine rings is 1. The van der Waals surface area contributed by atoms with Gasteiger partial charge in [0.25, 0.3) is 0 Å². The maximum atomic E-state index is 11.1. The molecule has 1 aromatic rings. The van der Waals surface area contributed by atoms with Gasteiger partial charge in [-0.1, -0.05) is 11.6 Å². The number of aromatic carboxylic acids is 1. The molecule has 2 heterocycles. The number of halogens is 1. The summed E-state index contributed by atoms with van der Waals surface area (Å²) in [6.07, 6.45) is 1.53. The van der Waals surface area contributed by atoms with E-state index in [1.54, 1.807) is 0 Å². The van der Waals surface area contributed by atoms with Gasteiger partial charge in [-0.15, -0.1) is 0 Å². The average Bonchev–Trinajstić information content (AvgIpc) is 2.29. The number of hydrogen-bond acceptors (Lipinski definition) is 4. The van der Waals surface area contributed by atoms with Crippen LogP contribution in [0.2, 0.25) is 5.02 Å². The molecule has 16 heavy (non-hydrogen) atoms. The Kier molecular flexibility index (Phi) is 3.26. The third kappa shape index (κ3) is 2.10. The molecule has 1 aliphatic rings. The van der Waals surface area contributed by atoms with Crippen molar-refractivity contribution in [3.63, 3.8) is 0 Å². The van der Waals surface area contributed by atoms with Crippen LogP contribution in [0.4, 0.5) is 5.82 Å². The molecule has 0 atom stereocenters. The van der Waals surface area contributed by atoms with E-state index < -0.39 is 5.97 Å². The van der Waals surface area contributed by atoms with Crippen molar-refractivity contribution in [2.45, 2.75) is 0 Å². The van der Waals surface area contributed by atoms with Crippen molar-refractivity contribution < 1.29 is 9.90 Å². The summed E-state index contributed by atoms with van der Waals surface area (Å²) in [5.41, 5.74) is 0.0890. The molecule has 1 aliphatic heterocycles. The van der Waals surface area contributed by atoms with Crippen LogP contribution < -0.4 is 10.2 Å². The Morgan fingerprint density at radius 3 is 2.81 bits per heavy atom. The molecule has 5 nitrogen and oxygen atoms in total. The first-order valence-corrected chi connectivity index (χ1v) is 5.41. The number of nitrogens with one attached hydrogen (secondary N) is 1. The van der Waals surface area contributed by atoms with E-state index in [0.29, 0.717) is 5.82 Å². The number of carboxylic acid groups (broad SMARTS) is 1. The summed E-state index contributed by atoms with van der Waals surface area (Å²) in [7, 11) is 0. The van der Waals surface area contributed by atoms with Crippen LogP contribution in [0.3, 0.4) is 0 Å². The maximum Gasteiger partial charge on any atom is 0.341 e. The molecule has 0 amide bonds. The third-order valence-electron chi connectivity index (χ3n) is 2.51. The Morgan fingerprint density at radius 2 is 2.19 bits per heavy atom. The van der Waals surface area contributed by atoms with Crippen molar-refractivity contribution in [1.29, 1.82) is 0 Å². The number of rotatable bonds is 2. The quantitative estimate of drug-likeness (QED) is 0.804. The predicted molar refractivity (Wildman–Crippen MR) is 61.3 cm³/mol. The molecule has 1 aromatic heterocycles. The van der Waals surface area contributed by atoms with Crippen molar-refractivity contribution >= 4 is 23.4 Å². The van der Waals surface area contributed by atoms with E-state index in [9.17, 15) is 4.79 Å². The number of carboxylic acids is 1. The Morgan fingerprint density at radius 1 is 1.50 bits per heavy atom. The van der Waals surface area contributed by atoms with Gasteiger partial charge in [-0.25, -0.2) is 9.78 Å². The van der Waals surface area contributed by atoms with Crippen LogP contribution in [0.5, 0.6) is 0 Å². The summed E-state index contributed by atoms with van der Waals surface area (Å²) < 4.78 is 0. The summed E-state index contributed by atoms with van der Waals surface area (Å²) in [5.74, 6) is -0.576. The molecule has 2 rings (SSSR count). The molecule has 6 heteroatoms. The van der Waals surface area contributed by atoms with Crippen LogP contribution in [-0.2, 0) is 0 Å². The van der Waals surface area contributed by atoms with Crippen molar-refractivity contribution in [3.8, 4) is 0 Å². The van der Waals surface area contributed by atoms with E-state index in [-0.39, 0.29) is 10.6 Å². The molecular formula is C10H12ClN3O2. The van der Waals surface area contributed by atoms with Crippen LogP contribution in [0, 0.1) is 0 Å². The normalized spacial score (nSPS) is 16.2. The van der Waals surface area contributed by atoms with Gasteiger partial charge in [0, 0.05) is 32.4 Å². The van der Waals surface area contributed by atoms with Crippen LogP contribution >= 0.6 is 11.6 Å². The first-order valence-electron chi connectivity index (χ1n) is 5.03. The first kappa shape index (κ1) is 11.2. The van der Waals surface area contributed by atoms with Gasteiger partial charge in [0.2, 0.25) is 0 Å². The first-order chi connectivity index (χ1) is 7.70. The van der Waals surface area contributed by atoms with Crippen LogP contribution in [0.25, 0.3) is 0 Å². The lowest BCUT2D eigenvalue weighted by atomic mass is 10.2. The molecule has 0 spiro atoms. The minimum absolute atomic E-state index is 0.0890. The highest BCUT2D eigenvalue weighted by molar-refractivity contribution is 6.34. The Balaban J connectivity index is 2.38. The van der Waals surface area contributed by atoms with E-state index in [4.69, 9.17) is 16.7 Å². The van der Waals surface area contributed by atoms with Gasteiger partial charge in [0.05, 0.1) is 5.02 Å². The maximum absolute atomic E-state index is 11.1. The van der Waals surface area contributed by atoms with E-state index in [1.165, 1.54) is 12.3 Å². The lowest BCUT2D eigenvalue weighted by Crippen LogP contribution is -2.44. The Bertz CT molecular complexity index is 405. The zero-order valence-corrected chi connectivity index (χ0v) is 9.37. The topological polar surface area (TPSA) is 65.5 Å². The highest BCUT2D eigenvalue weighted by Crippen LogP contribution is 2.25. The van der Waals surface area contributed by atoms with Gasteiger partial charge in [-0.05, 0) is 6.07 Å². The van der Waals surface area contributed by atoms with Crippen LogP contribution in [0.1, 0.15) is 10.4 Å². The van der Waals surface area contributed by atoms with Gasteiger partial charge in [0.1, 0.15) is 11.4 Å². The van der Waals surface area contributed by atoms with E-state index >= 15 is 0 Å². The minimum Gasteiger partial charge on any atom is -0.478 e. The van der Waals surface area contributed by atoms with Gasteiger partial charge >= 0.3 is 5.97 Å². The third-order valence-corrected chi connectivity index (χ3v) is 2.83. The second kappa shape index (κ2) is 4.67. The SMILES string of the molecule is O=C(O)c1c(Cl)ccnc1N1CCNCC1. The molecule has 86 valence electrons. The molecule has 2 N–H and O–H groups in total. The summed E-state index contributed by atoms with van der Waals surface area (Å²) in [5, 5.41) is 12.5. The van der Waals surface area contributed by atoms with Crippen molar-refractivity contribution in [1.82, 2.24) is 10.3 Å². The smallest absolute Gasteiger partial charge is 0.341 e. The van der Waals surface area contributed by atoms with Gasteiger partial charge in [0.15, 0.2) is 0 Å². The fourth-order valence-corrected chi connectivity index (χ4v) is 1.96. The molecule has 1 fully saturated rings. The van der Waals surface area contributed by atoms with E-state index in [1.807, 2.05) is 4.90 Å². The second-order valence-corrected chi connectivity index (χ2v) is 3.94. The Hall–Kier alpha value is -1.33. The zero-order valence-electron chi connectivity index (χ0n) is 8.61. The standard InChI is InChI=1S/C10H12ClN3O2/c11-7-1-2-13-9(8(7)10(15)16)14-5-3-12-4-6-14/h1-2,12H,3-6H2,(H,15,16). The minimum atomic E-state index is -1.04. The summed E-state index contributed by atoms with van der Waals surface area (Å²) in [4.78, 5) is 17.2. The number of hydrogen-bond donors (Lipinski definition) is 2. The molecular weight excluding hydrogens is 230 g/mol. The number of carbonyl (C=O) groups is 1.